The monoisotopic (exact) mass is 461 g/mol. The highest BCUT2D eigenvalue weighted by molar-refractivity contribution is 5.96. The molecule has 0 amide bonds. The van der Waals surface area contributed by atoms with Crippen LogP contribution < -0.4 is 10.7 Å². The Hall–Kier alpha value is -3.15. The molecule has 2 aliphatic carbocycles. The molecule has 2 heterocycles. The van der Waals surface area contributed by atoms with Gasteiger partial charge in [-0.2, -0.15) is 0 Å². The Morgan fingerprint density at radius 2 is 1.82 bits per heavy atom. The van der Waals surface area contributed by atoms with E-state index in [1.807, 2.05) is 26.0 Å². The molecule has 1 aliphatic heterocycles. The van der Waals surface area contributed by atoms with Crippen molar-refractivity contribution in [3.8, 4) is 0 Å². The van der Waals surface area contributed by atoms with Crippen LogP contribution in [0.25, 0.3) is 11.0 Å². The van der Waals surface area contributed by atoms with E-state index in [2.05, 4.69) is 5.32 Å². The molecule has 178 valence electrons. The van der Waals surface area contributed by atoms with Gasteiger partial charge in [0.2, 0.25) is 0 Å². The Morgan fingerprint density at radius 1 is 1.06 bits per heavy atom. The Kier molecular flexibility index (Phi) is 6.15. The number of ketones is 1. The second-order valence-corrected chi connectivity index (χ2v) is 9.82. The fourth-order valence-electron chi connectivity index (χ4n) is 5.67. The number of carbonyl (C=O) groups is 2. The number of hydrogen-bond donors (Lipinski definition) is 1. The predicted molar refractivity (Wildman–Crippen MR) is 129 cm³/mol. The summed E-state index contributed by atoms with van der Waals surface area (Å²) in [6.07, 6.45) is 10.4. The zero-order valence-electron chi connectivity index (χ0n) is 19.8. The molecule has 1 saturated carbocycles. The number of fused-ring (bicyclic) bond motifs is 2. The van der Waals surface area contributed by atoms with Gasteiger partial charge in [-0.1, -0.05) is 30.5 Å². The van der Waals surface area contributed by atoms with Crippen LogP contribution in [0.2, 0.25) is 0 Å². The number of carbonyl (C=O) groups excluding carboxylic acids is 2. The van der Waals surface area contributed by atoms with Crippen molar-refractivity contribution in [3.05, 3.63) is 68.9 Å². The third-order valence-corrected chi connectivity index (χ3v) is 7.40. The van der Waals surface area contributed by atoms with E-state index in [-0.39, 0.29) is 17.3 Å². The van der Waals surface area contributed by atoms with Gasteiger partial charge >= 0.3 is 5.97 Å². The van der Waals surface area contributed by atoms with Gasteiger partial charge in [0.25, 0.3) is 0 Å². The lowest BCUT2D eigenvalue weighted by molar-refractivity contribution is -0.145. The molecule has 0 saturated heterocycles. The fraction of sp³-hybridized carbons (Fsp3) is 0.464. The first-order chi connectivity index (χ1) is 16.4. The third-order valence-electron chi connectivity index (χ3n) is 7.40. The van der Waals surface area contributed by atoms with Gasteiger partial charge < -0.3 is 14.5 Å². The zero-order chi connectivity index (χ0) is 23.8. The van der Waals surface area contributed by atoms with Gasteiger partial charge in [-0.25, -0.2) is 4.79 Å². The van der Waals surface area contributed by atoms with E-state index in [4.69, 9.17) is 9.15 Å². The quantitative estimate of drug-likeness (QED) is 0.500. The summed E-state index contributed by atoms with van der Waals surface area (Å²) in [5, 5.41) is 3.74. The van der Waals surface area contributed by atoms with Crippen molar-refractivity contribution >= 4 is 22.7 Å². The standard InChI is InChI=1S/C28H31NO5/c1-16-12-13-23-19(14-16)27(31)20(15-33-23)25-24(28(32)34-18-8-5-3-4-6-9-18)17(2)29-21-10-7-11-22(30)26(21)25/h10,12-15,18,25-26,29H,3-9,11H2,1-2H3. The molecule has 0 radical (unpaired) electrons. The Bertz CT molecular complexity index is 1260. The summed E-state index contributed by atoms with van der Waals surface area (Å²) in [7, 11) is 0. The van der Waals surface area contributed by atoms with Crippen molar-refractivity contribution in [1.29, 1.82) is 0 Å². The number of ether oxygens (including phenoxy) is 1. The molecule has 2 aromatic rings. The van der Waals surface area contributed by atoms with Crippen LogP contribution in [-0.4, -0.2) is 17.9 Å². The van der Waals surface area contributed by atoms with Gasteiger partial charge in [-0.05, 0) is 58.1 Å². The van der Waals surface area contributed by atoms with Gasteiger partial charge in [0.15, 0.2) is 5.43 Å². The number of esters is 1. The summed E-state index contributed by atoms with van der Waals surface area (Å²) in [6.45, 7) is 3.74. The predicted octanol–water partition coefficient (Wildman–Crippen LogP) is 5.19. The van der Waals surface area contributed by atoms with E-state index >= 15 is 0 Å². The lowest BCUT2D eigenvalue weighted by Gasteiger charge is -2.37. The largest absolute Gasteiger partial charge is 0.464 e. The molecule has 1 N–H and O–H groups in total. The highest BCUT2D eigenvalue weighted by atomic mass is 16.5. The van der Waals surface area contributed by atoms with Crippen molar-refractivity contribution in [3.63, 3.8) is 0 Å². The average Bonchev–Trinajstić information content (AvgIpc) is 3.07. The first-order valence-electron chi connectivity index (χ1n) is 12.4. The summed E-state index contributed by atoms with van der Waals surface area (Å²) in [5.74, 6) is -1.78. The van der Waals surface area contributed by atoms with E-state index in [0.717, 1.165) is 49.8 Å². The fourth-order valence-corrected chi connectivity index (χ4v) is 5.67. The van der Waals surface area contributed by atoms with Crippen LogP contribution in [0.3, 0.4) is 0 Å². The number of nitrogens with one attached hydrogen (secondary N) is 1. The second-order valence-electron chi connectivity index (χ2n) is 9.82. The maximum absolute atomic E-state index is 13.7. The first-order valence-corrected chi connectivity index (χ1v) is 12.4. The molecule has 6 heteroatoms. The first kappa shape index (κ1) is 22.6. The average molecular weight is 462 g/mol. The van der Waals surface area contributed by atoms with Crippen LogP contribution in [0, 0.1) is 12.8 Å². The number of aryl methyl sites for hydroxylation is 1. The Balaban J connectivity index is 1.63. The molecule has 0 bridgehead atoms. The van der Waals surface area contributed by atoms with Crippen molar-refractivity contribution in [2.45, 2.75) is 77.2 Å². The maximum atomic E-state index is 13.7. The summed E-state index contributed by atoms with van der Waals surface area (Å²) < 4.78 is 11.8. The highest BCUT2D eigenvalue weighted by Gasteiger charge is 2.45. The number of hydrogen-bond acceptors (Lipinski definition) is 6. The zero-order valence-corrected chi connectivity index (χ0v) is 19.8. The number of benzene rings is 1. The van der Waals surface area contributed by atoms with Crippen LogP contribution in [-0.2, 0) is 14.3 Å². The van der Waals surface area contributed by atoms with Gasteiger partial charge in [0, 0.05) is 29.3 Å². The van der Waals surface area contributed by atoms with E-state index in [1.54, 1.807) is 12.1 Å². The molecule has 1 aromatic carbocycles. The minimum atomic E-state index is -0.736. The van der Waals surface area contributed by atoms with Crippen molar-refractivity contribution < 1.29 is 18.7 Å². The molecule has 2 unspecified atom stereocenters. The maximum Gasteiger partial charge on any atom is 0.336 e. The summed E-state index contributed by atoms with van der Waals surface area (Å²) in [6, 6.07) is 5.46. The molecule has 5 rings (SSSR count). The molecule has 2 atom stereocenters. The van der Waals surface area contributed by atoms with Gasteiger partial charge in [-0.3, -0.25) is 9.59 Å². The smallest absolute Gasteiger partial charge is 0.336 e. The van der Waals surface area contributed by atoms with Crippen LogP contribution >= 0.6 is 0 Å². The van der Waals surface area contributed by atoms with E-state index in [0.29, 0.717) is 40.6 Å². The number of rotatable bonds is 3. The van der Waals surface area contributed by atoms with Gasteiger partial charge in [0.05, 0.1) is 23.1 Å². The highest BCUT2D eigenvalue weighted by Crippen LogP contribution is 2.43. The lowest BCUT2D eigenvalue weighted by atomic mass is 9.71. The van der Waals surface area contributed by atoms with Crippen molar-refractivity contribution in [1.82, 2.24) is 5.32 Å². The van der Waals surface area contributed by atoms with E-state index in [1.165, 1.54) is 6.26 Å². The molecule has 1 fully saturated rings. The molecule has 6 nitrogen and oxygen atoms in total. The van der Waals surface area contributed by atoms with Gasteiger partial charge in [-0.15, -0.1) is 0 Å². The molecule has 0 spiro atoms. The Labute approximate surface area is 199 Å². The minimum Gasteiger partial charge on any atom is -0.464 e. The second kappa shape index (κ2) is 9.24. The van der Waals surface area contributed by atoms with Crippen LogP contribution in [0.1, 0.15) is 75.3 Å². The molecular formula is C28H31NO5. The van der Waals surface area contributed by atoms with Crippen LogP contribution in [0.4, 0.5) is 0 Å². The number of Topliss-reactive ketones (excluding diaryl/α,β-unsaturated/α-hetero) is 1. The summed E-state index contributed by atoms with van der Waals surface area (Å²) in [4.78, 5) is 40.4. The molecule has 1 aromatic heterocycles. The van der Waals surface area contributed by atoms with Crippen molar-refractivity contribution in [2.75, 3.05) is 0 Å². The van der Waals surface area contributed by atoms with Crippen LogP contribution in [0.5, 0.6) is 0 Å². The topological polar surface area (TPSA) is 85.6 Å². The van der Waals surface area contributed by atoms with Gasteiger partial charge in [0.1, 0.15) is 17.5 Å². The molecular weight excluding hydrogens is 430 g/mol. The van der Waals surface area contributed by atoms with Crippen molar-refractivity contribution in [2.24, 2.45) is 5.92 Å². The third kappa shape index (κ3) is 4.10. The lowest BCUT2D eigenvalue weighted by Crippen LogP contribution is -2.42. The summed E-state index contributed by atoms with van der Waals surface area (Å²) in [5.41, 5.74) is 3.30. The molecule has 3 aliphatic rings. The van der Waals surface area contributed by atoms with E-state index < -0.39 is 17.8 Å². The summed E-state index contributed by atoms with van der Waals surface area (Å²) >= 11 is 0. The number of allylic oxidation sites excluding steroid dienone is 3. The van der Waals surface area contributed by atoms with Crippen LogP contribution in [0.15, 0.2) is 56.7 Å². The Morgan fingerprint density at radius 3 is 2.59 bits per heavy atom. The minimum absolute atomic E-state index is 0.0194. The normalized spacial score (nSPS) is 23.7. The molecule has 34 heavy (non-hydrogen) atoms. The van der Waals surface area contributed by atoms with E-state index in [9.17, 15) is 14.4 Å². The SMILES string of the molecule is CC1=C(C(=O)OC2CCCCCC2)C(c2coc3ccc(C)cc3c2=O)C2C(=O)CCC=C2N1.